The fourth-order valence-corrected chi connectivity index (χ4v) is 5.06. The molecule has 0 radical (unpaired) electrons. The van der Waals surface area contributed by atoms with Crippen LogP contribution in [-0.4, -0.2) is 48.8 Å². The van der Waals surface area contributed by atoms with Gasteiger partial charge in [-0.15, -0.1) is 11.8 Å². The summed E-state index contributed by atoms with van der Waals surface area (Å²) in [5, 5.41) is 10.7. The second kappa shape index (κ2) is 6.98. The van der Waals surface area contributed by atoms with Gasteiger partial charge in [-0.1, -0.05) is 19.8 Å². The van der Waals surface area contributed by atoms with Crippen molar-refractivity contribution < 1.29 is 14.2 Å². The molecule has 6 nitrogen and oxygen atoms in total. The number of halogens is 2. The predicted molar refractivity (Wildman–Crippen MR) is 93.5 cm³/mol. The van der Waals surface area contributed by atoms with Gasteiger partial charge in [0, 0.05) is 11.2 Å². The van der Waals surface area contributed by atoms with Gasteiger partial charge < -0.3 is 9.84 Å². The van der Waals surface area contributed by atoms with Crippen LogP contribution in [0, 0.1) is 5.92 Å². The number of imidazole rings is 1. The molecular formula is C16H20ClFN4O2S. The van der Waals surface area contributed by atoms with Crippen molar-refractivity contribution in [3.05, 3.63) is 11.6 Å². The van der Waals surface area contributed by atoms with Gasteiger partial charge in [0.15, 0.2) is 18.0 Å². The molecule has 2 aliphatic rings. The molecule has 1 aliphatic heterocycles. The molecule has 136 valence electrons. The van der Waals surface area contributed by atoms with Gasteiger partial charge in [0.1, 0.15) is 10.5 Å². The Morgan fingerprint density at radius 1 is 1.40 bits per heavy atom. The maximum absolute atomic E-state index is 14.7. The van der Waals surface area contributed by atoms with Crippen molar-refractivity contribution in [1.82, 2.24) is 19.5 Å². The highest BCUT2D eigenvalue weighted by molar-refractivity contribution is 8.00. The summed E-state index contributed by atoms with van der Waals surface area (Å²) in [5.41, 5.74) is 1.09. The SMILES string of the molecule is C[C@H]1[C@H](F)[C@H](n2cnc3c(SC4CCCC4)nc(Cl)nc32)O[C@@H]1CO. The number of nitrogens with zero attached hydrogens (tertiary/aromatic N) is 4. The number of aliphatic hydroxyl groups excluding tert-OH is 1. The first kappa shape index (κ1) is 17.5. The third-order valence-corrected chi connectivity index (χ3v) is 6.55. The zero-order chi connectivity index (χ0) is 17.6. The van der Waals surface area contributed by atoms with Crippen LogP contribution in [0.1, 0.15) is 38.8 Å². The highest BCUT2D eigenvalue weighted by Crippen LogP contribution is 2.40. The van der Waals surface area contributed by atoms with Crippen molar-refractivity contribution in [3.8, 4) is 0 Å². The molecule has 0 unspecified atom stereocenters. The molecular weight excluding hydrogens is 367 g/mol. The summed E-state index contributed by atoms with van der Waals surface area (Å²) in [7, 11) is 0. The van der Waals surface area contributed by atoms with Crippen LogP contribution in [0.5, 0.6) is 0 Å². The third kappa shape index (κ3) is 3.13. The smallest absolute Gasteiger partial charge is 0.225 e. The summed E-state index contributed by atoms with van der Waals surface area (Å²) in [4.78, 5) is 13.0. The van der Waals surface area contributed by atoms with E-state index in [4.69, 9.17) is 16.3 Å². The fraction of sp³-hybridized carbons (Fsp3) is 0.688. The van der Waals surface area contributed by atoms with Gasteiger partial charge in [-0.05, 0) is 24.4 Å². The number of aliphatic hydroxyl groups is 1. The predicted octanol–water partition coefficient (Wildman–Crippen LogP) is 3.38. The maximum atomic E-state index is 14.7. The van der Waals surface area contributed by atoms with Crippen molar-refractivity contribution in [2.75, 3.05) is 6.61 Å². The van der Waals surface area contributed by atoms with E-state index < -0.39 is 24.4 Å². The summed E-state index contributed by atoms with van der Waals surface area (Å²) in [6.45, 7) is 1.51. The number of hydrogen-bond donors (Lipinski definition) is 1. The van der Waals surface area contributed by atoms with E-state index in [1.54, 1.807) is 23.3 Å². The lowest BCUT2D eigenvalue weighted by atomic mass is 10.0. The third-order valence-electron chi connectivity index (χ3n) is 5.07. The minimum Gasteiger partial charge on any atom is -0.394 e. The zero-order valence-electron chi connectivity index (χ0n) is 13.8. The standard InChI is InChI=1S/C16H20ClFN4O2S/c1-8-10(6-23)24-15(11(8)18)22-7-19-12-13(22)20-16(17)21-14(12)25-9-4-2-3-5-9/h7-11,15,23H,2-6H2,1H3/t8-,10-,11+,15-/m1/s1. The first-order chi connectivity index (χ1) is 12.1. The Morgan fingerprint density at radius 3 is 2.84 bits per heavy atom. The van der Waals surface area contributed by atoms with E-state index in [2.05, 4.69) is 15.0 Å². The number of thioether (sulfide) groups is 1. The Kier molecular flexibility index (Phi) is 4.87. The van der Waals surface area contributed by atoms with Crippen molar-refractivity contribution >= 4 is 34.5 Å². The fourth-order valence-electron chi connectivity index (χ4n) is 3.57. The summed E-state index contributed by atoms with van der Waals surface area (Å²) in [6, 6.07) is 0. The van der Waals surface area contributed by atoms with E-state index in [-0.39, 0.29) is 11.9 Å². The van der Waals surface area contributed by atoms with Crippen LogP contribution in [0.25, 0.3) is 11.2 Å². The van der Waals surface area contributed by atoms with Gasteiger partial charge >= 0.3 is 0 Å². The Labute approximate surface area is 154 Å². The molecule has 1 saturated heterocycles. The van der Waals surface area contributed by atoms with Crippen molar-refractivity contribution in [3.63, 3.8) is 0 Å². The minimum absolute atomic E-state index is 0.120. The topological polar surface area (TPSA) is 73.1 Å². The number of rotatable bonds is 4. The van der Waals surface area contributed by atoms with E-state index in [1.807, 2.05) is 0 Å². The molecule has 0 aromatic carbocycles. The molecule has 4 rings (SSSR count). The molecule has 0 spiro atoms. The van der Waals surface area contributed by atoms with Gasteiger partial charge in [0.05, 0.1) is 19.0 Å². The molecule has 3 heterocycles. The first-order valence-corrected chi connectivity index (χ1v) is 9.81. The van der Waals surface area contributed by atoms with Crippen LogP contribution >= 0.6 is 23.4 Å². The molecule has 9 heteroatoms. The largest absolute Gasteiger partial charge is 0.394 e. The second-order valence-electron chi connectivity index (χ2n) is 6.70. The molecule has 4 atom stereocenters. The molecule has 2 aromatic rings. The van der Waals surface area contributed by atoms with Crippen LogP contribution in [0.15, 0.2) is 11.4 Å². The molecule has 0 bridgehead atoms. The zero-order valence-corrected chi connectivity index (χ0v) is 15.4. The first-order valence-electron chi connectivity index (χ1n) is 8.55. The van der Waals surface area contributed by atoms with Gasteiger partial charge in [-0.25, -0.2) is 14.4 Å². The number of alkyl halides is 1. The number of fused-ring (bicyclic) bond motifs is 1. The lowest BCUT2D eigenvalue weighted by Gasteiger charge is -2.16. The summed E-state index contributed by atoms with van der Waals surface area (Å²) >= 11 is 7.79. The van der Waals surface area contributed by atoms with Crippen molar-refractivity contribution in [2.24, 2.45) is 5.92 Å². The van der Waals surface area contributed by atoms with Gasteiger partial charge in [0.2, 0.25) is 5.28 Å². The molecule has 1 N–H and O–H groups in total. The summed E-state index contributed by atoms with van der Waals surface area (Å²) < 4.78 is 21.9. The van der Waals surface area contributed by atoms with E-state index in [0.29, 0.717) is 16.4 Å². The van der Waals surface area contributed by atoms with Crippen LogP contribution in [0.4, 0.5) is 4.39 Å². The molecule has 1 saturated carbocycles. The Hall–Kier alpha value is -0.960. The van der Waals surface area contributed by atoms with E-state index in [0.717, 1.165) is 17.9 Å². The summed E-state index contributed by atoms with van der Waals surface area (Å²) in [6.07, 6.45) is 3.63. The van der Waals surface area contributed by atoms with Gasteiger partial charge in [0.25, 0.3) is 0 Å². The highest BCUT2D eigenvalue weighted by atomic mass is 35.5. The van der Waals surface area contributed by atoms with Crippen LogP contribution in [-0.2, 0) is 4.74 Å². The lowest BCUT2D eigenvalue weighted by Crippen LogP contribution is -2.21. The monoisotopic (exact) mass is 386 g/mol. The minimum atomic E-state index is -1.26. The average molecular weight is 387 g/mol. The average Bonchev–Trinajstić information content (AvgIpc) is 3.29. The number of ether oxygens (including phenoxy) is 1. The Balaban J connectivity index is 1.70. The Morgan fingerprint density at radius 2 is 2.16 bits per heavy atom. The van der Waals surface area contributed by atoms with Gasteiger partial charge in [-0.2, -0.15) is 4.98 Å². The molecule has 0 amide bonds. The van der Waals surface area contributed by atoms with Crippen LogP contribution in [0.3, 0.4) is 0 Å². The van der Waals surface area contributed by atoms with Crippen molar-refractivity contribution in [1.29, 1.82) is 0 Å². The molecule has 25 heavy (non-hydrogen) atoms. The second-order valence-corrected chi connectivity index (χ2v) is 8.32. The maximum Gasteiger partial charge on any atom is 0.225 e. The van der Waals surface area contributed by atoms with E-state index in [1.165, 1.54) is 19.2 Å². The number of hydrogen-bond acceptors (Lipinski definition) is 6. The Bertz CT molecular complexity index is 770. The summed E-state index contributed by atoms with van der Waals surface area (Å²) in [5.74, 6) is -0.405. The molecule has 1 aliphatic carbocycles. The molecule has 2 fully saturated rings. The van der Waals surface area contributed by atoms with E-state index in [9.17, 15) is 9.50 Å². The number of aromatic nitrogens is 4. The van der Waals surface area contributed by atoms with Crippen molar-refractivity contribution in [2.45, 2.75) is 61.4 Å². The lowest BCUT2D eigenvalue weighted by molar-refractivity contribution is -0.0378. The highest BCUT2D eigenvalue weighted by Gasteiger charge is 2.43. The normalized spacial score (nSPS) is 30.6. The van der Waals surface area contributed by atoms with Gasteiger partial charge in [-0.3, -0.25) is 4.57 Å². The quantitative estimate of drug-likeness (QED) is 0.641. The molecule has 2 aromatic heterocycles. The van der Waals surface area contributed by atoms with Crippen LogP contribution < -0.4 is 0 Å². The van der Waals surface area contributed by atoms with E-state index >= 15 is 0 Å². The van der Waals surface area contributed by atoms with Crippen LogP contribution in [0.2, 0.25) is 5.28 Å².